The highest BCUT2D eigenvalue weighted by molar-refractivity contribution is 7.09. The lowest BCUT2D eigenvalue weighted by molar-refractivity contribution is -0.126. The SMILES string of the molecule is Cc1nc(CN2CCC(C(=O)NCCc3ccc(OC(C)C)cc3)CC2)cs1. The van der Waals surface area contributed by atoms with E-state index in [1.165, 1.54) is 5.56 Å². The molecule has 0 radical (unpaired) electrons. The fourth-order valence-electron chi connectivity index (χ4n) is 3.54. The smallest absolute Gasteiger partial charge is 0.223 e. The van der Waals surface area contributed by atoms with Crippen molar-refractivity contribution < 1.29 is 9.53 Å². The van der Waals surface area contributed by atoms with Crippen molar-refractivity contribution in [1.82, 2.24) is 15.2 Å². The highest BCUT2D eigenvalue weighted by Gasteiger charge is 2.25. The van der Waals surface area contributed by atoms with Crippen molar-refractivity contribution in [3.05, 3.63) is 45.9 Å². The molecule has 3 rings (SSSR count). The molecule has 28 heavy (non-hydrogen) atoms. The van der Waals surface area contributed by atoms with Crippen LogP contribution in [-0.2, 0) is 17.8 Å². The number of ether oxygens (including phenoxy) is 1. The van der Waals surface area contributed by atoms with Gasteiger partial charge in [-0.3, -0.25) is 9.69 Å². The first-order valence-corrected chi connectivity index (χ1v) is 11.0. The Morgan fingerprint density at radius 3 is 2.61 bits per heavy atom. The molecule has 1 aromatic carbocycles. The molecule has 1 aliphatic heterocycles. The van der Waals surface area contributed by atoms with Gasteiger partial charge in [-0.15, -0.1) is 11.3 Å². The van der Waals surface area contributed by atoms with Crippen LogP contribution in [0.2, 0.25) is 0 Å². The number of amides is 1. The lowest BCUT2D eigenvalue weighted by Crippen LogP contribution is -2.40. The number of aryl methyl sites for hydroxylation is 1. The van der Waals surface area contributed by atoms with E-state index in [0.29, 0.717) is 6.54 Å². The molecule has 0 saturated carbocycles. The van der Waals surface area contributed by atoms with Gasteiger partial charge in [-0.05, 0) is 70.8 Å². The van der Waals surface area contributed by atoms with Crippen LogP contribution < -0.4 is 10.1 Å². The van der Waals surface area contributed by atoms with E-state index in [0.717, 1.165) is 55.3 Å². The zero-order chi connectivity index (χ0) is 19.9. The second-order valence-corrected chi connectivity index (χ2v) is 8.82. The number of rotatable bonds is 8. The third-order valence-electron chi connectivity index (χ3n) is 5.02. The third kappa shape index (κ3) is 6.31. The van der Waals surface area contributed by atoms with Crippen LogP contribution in [0.25, 0.3) is 0 Å². The van der Waals surface area contributed by atoms with E-state index in [2.05, 4.69) is 32.7 Å². The zero-order valence-electron chi connectivity index (χ0n) is 17.1. The molecular formula is C22H31N3O2S. The molecule has 0 unspecified atom stereocenters. The number of aromatic nitrogens is 1. The van der Waals surface area contributed by atoms with Gasteiger partial charge in [-0.25, -0.2) is 4.98 Å². The summed E-state index contributed by atoms with van der Waals surface area (Å²) in [5.74, 6) is 1.22. The number of hydrogen-bond donors (Lipinski definition) is 1. The van der Waals surface area contributed by atoms with Gasteiger partial charge < -0.3 is 10.1 Å². The van der Waals surface area contributed by atoms with Crippen LogP contribution in [0, 0.1) is 12.8 Å². The summed E-state index contributed by atoms with van der Waals surface area (Å²) in [7, 11) is 0. The minimum absolute atomic E-state index is 0.134. The van der Waals surface area contributed by atoms with E-state index in [9.17, 15) is 4.79 Å². The van der Waals surface area contributed by atoms with E-state index in [4.69, 9.17) is 4.74 Å². The van der Waals surface area contributed by atoms with E-state index >= 15 is 0 Å². The maximum atomic E-state index is 12.5. The average Bonchev–Trinajstić information content (AvgIpc) is 3.08. The quantitative estimate of drug-likeness (QED) is 0.731. The Kier molecular flexibility index (Phi) is 7.45. The Morgan fingerprint density at radius 1 is 1.29 bits per heavy atom. The predicted molar refractivity (Wildman–Crippen MR) is 114 cm³/mol. The van der Waals surface area contributed by atoms with Gasteiger partial charge >= 0.3 is 0 Å². The van der Waals surface area contributed by atoms with Gasteiger partial charge in [0, 0.05) is 24.4 Å². The van der Waals surface area contributed by atoms with E-state index in [1.54, 1.807) is 11.3 Å². The topological polar surface area (TPSA) is 54.5 Å². The lowest BCUT2D eigenvalue weighted by atomic mass is 9.95. The average molecular weight is 402 g/mol. The van der Waals surface area contributed by atoms with Crippen molar-refractivity contribution in [2.75, 3.05) is 19.6 Å². The van der Waals surface area contributed by atoms with Gasteiger partial charge in [0.15, 0.2) is 0 Å². The van der Waals surface area contributed by atoms with E-state index < -0.39 is 0 Å². The van der Waals surface area contributed by atoms with Crippen LogP contribution >= 0.6 is 11.3 Å². The fraction of sp³-hybridized carbons (Fsp3) is 0.545. The number of piperidine rings is 1. The standard InChI is InChI=1S/C22H31N3O2S/c1-16(2)27-21-6-4-18(5-7-21)8-11-23-22(26)19-9-12-25(13-10-19)14-20-15-28-17(3)24-20/h4-7,15-16,19H,8-14H2,1-3H3,(H,23,26). The Balaban J connectivity index is 1.35. The molecule has 5 nitrogen and oxygen atoms in total. The van der Waals surface area contributed by atoms with Gasteiger partial charge in [0.05, 0.1) is 16.8 Å². The van der Waals surface area contributed by atoms with Crippen molar-refractivity contribution in [3.8, 4) is 5.75 Å². The van der Waals surface area contributed by atoms with E-state index in [-0.39, 0.29) is 17.9 Å². The molecule has 0 atom stereocenters. The van der Waals surface area contributed by atoms with Crippen LogP contribution in [0.3, 0.4) is 0 Å². The van der Waals surface area contributed by atoms with Crippen LogP contribution in [-0.4, -0.2) is 41.5 Å². The number of benzene rings is 1. The summed E-state index contributed by atoms with van der Waals surface area (Å²) >= 11 is 1.70. The normalized spacial score (nSPS) is 15.7. The van der Waals surface area contributed by atoms with Gasteiger partial charge in [0.1, 0.15) is 5.75 Å². The minimum Gasteiger partial charge on any atom is -0.491 e. The molecule has 2 aromatic rings. The van der Waals surface area contributed by atoms with Gasteiger partial charge in [-0.2, -0.15) is 0 Å². The summed E-state index contributed by atoms with van der Waals surface area (Å²) in [4.78, 5) is 19.4. The number of nitrogens with zero attached hydrogens (tertiary/aromatic N) is 2. The molecule has 2 heterocycles. The van der Waals surface area contributed by atoms with Crippen molar-refractivity contribution in [2.24, 2.45) is 5.92 Å². The van der Waals surface area contributed by atoms with Crippen LogP contribution in [0.4, 0.5) is 0 Å². The molecule has 1 fully saturated rings. The van der Waals surface area contributed by atoms with Gasteiger partial charge in [0.25, 0.3) is 0 Å². The maximum absolute atomic E-state index is 12.5. The molecule has 0 spiro atoms. The summed E-state index contributed by atoms with van der Waals surface area (Å²) in [5.41, 5.74) is 2.36. The first-order valence-electron chi connectivity index (χ1n) is 10.2. The molecule has 1 saturated heterocycles. The molecule has 6 heteroatoms. The Morgan fingerprint density at radius 2 is 2.00 bits per heavy atom. The Hall–Kier alpha value is -1.92. The molecule has 1 aromatic heterocycles. The maximum Gasteiger partial charge on any atom is 0.223 e. The number of hydrogen-bond acceptors (Lipinski definition) is 5. The highest BCUT2D eigenvalue weighted by Crippen LogP contribution is 2.20. The molecule has 0 bridgehead atoms. The summed E-state index contributed by atoms with van der Waals surface area (Å²) in [6, 6.07) is 8.14. The fourth-order valence-corrected chi connectivity index (χ4v) is 4.15. The number of carbonyl (C=O) groups is 1. The molecule has 1 N–H and O–H groups in total. The summed E-state index contributed by atoms with van der Waals surface area (Å²) in [6.45, 7) is 9.59. The zero-order valence-corrected chi connectivity index (χ0v) is 17.9. The predicted octanol–water partition coefficient (Wildman–Crippen LogP) is 3.81. The van der Waals surface area contributed by atoms with Crippen LogP contribution in [0.15, 0.2) is 29.6 Å². The van der Waals surface area contributed by atoms with Crippen molar-refractivity contribution >= 4 is 17.2 Å². The van der Waals surface area contributed by atoms with Crippen molar-refractivity contribution in [2.45, 2.75) is 52.7 Å². The number of likely N-dealkylation sites (tertiary alicyclic amines) is 1. The highest BCUT2D eigenvalue weighted by atomic mass is 32.1. The second kappa shape index (κ2) is 10.0. The largest absolute Gasteiger partial charge is 0.491 e. The van der Waals surface area contributed by atoms with Gasteiger partial charge in [0.2, 0.25) is 5.91 Å². The minimum atomic E-state index is 0.134. The second-order valence-electron chi connectivity index (χ2n) is 7.76. The Bertz CT molecular complexity index is 749. The Labute approximate surface area is 172 Å². The number of nitrogens with one attached hydrogen (secondary N) is 1. The molecule has 1 aliphatic rings. The third-order valence-corrected chi connectivity index (χ3v) is 5.84. The van der Waals surface area contributed by atoms with Crippen LogP contribution in [0.1, 0.15) is 43.0 Å². The summed E-state index contributed by atoms with van der Waals surface area (Å²) in [5, 5.41) is 6.37. The van der Waals surface area contributed by atoms with Crippen LogP contribution in [0.5, 0.6) is 5.75 Å². The van der Waals surface area contributed by atoms with Gasteiger partial charge in [-0.1, -0.05) is 12.1 Å². The summed E-state index contributed by atoms with van der Waals surface area (Å²) < 4.78 is 5.66. The first kappa shape index (κ1) is 20.8. The molecule has 152 valence electrons. The molecule has 0 aliphatic carbocycles. The number of thiazole rings is 1. The summed E-state index contributed by atoms with van der Waals surface area (Å²) in [6.07, 6.45) is 2.88. The monoisotopic (exact) mass is 401 g/mol. The first-order chi connectivity index (χ1) is 13.5. The van der Waals surface area contributed by atoms with Crippen molar-refractivity contribution in [1.29, 1.82) is 0 Å². The van der Waals surface area contributed by atoms with E-state index in [1.807, 2.05) is 32.9 Å². The number of carbonyl (C=O) groups excluding carboxylic acids is 1. The lowest BCUT2D eigenvalue weighted by Gasteiger charge is -2.30. The van der Waals surface area contributed by atoms with Crippen molar-refractivity contribution in [3.63, 3.8) is 0 Å². The molecule has 1 amide bonds. The molecular weight excluding hydrogens is 370 g/mol.